The van der Waals surface area contributed by atoms with Gasteiger partial charge in [0.05, 0.1) is 10.9 Å². The van der Waals surface area contributed by atoms with Crippen molar-refractivity contribution in [2.24, 2.45) is 0 Å². The zero-order chi connectivity index (χ0) is 19.0. The summed E-state index contributed by atoms with van der Waals surface area (Å²) in [7, 11) is 0. The molecule has 0 aliphatic rings. The highest BCUT2D eigenvalue weighted by Crippen LogP contribution is 2.38. The molecule has 1 atom stereocenters. The number of carboxylic acid groups (broad SMARTS) is 1. The molecule has 0 bridgehead atoms. The Balaban J connectivity index is 2.26. The molecule has 0 spiro atoms. The molecule has 0 amide bonds. The van der Waals surface area contributed by atoms with Crippen molar-refractivity contribution in [2.45, 2.75) is 13.0 Å². The van der Waals surface area contributed by atoms with E-state index in [2.05, 4.69) is 9.97 Å². The van der Waals surface area contributed by atoms with Crippen molar-refractivity contribution in [1.29, 1.82) is 0 Å². The zero-order valence-electron chi connectivity index (χ0n) is 13.3. The lowest BCUT2D eigenvalue weighted by atomic mass is 10.0. The van der Waals surface area contributed by atoms with E-state index in [0.717, 1.165) is 6.07 Å². The van der Waals surface area contributed by atoms with Crippen molar-refractivity contribution in [1.82, 2.24) is 9.97 Å². The van der Waals surface area contributed by atoms with Crippen molar-refractivity contribution in [3.05, 3.63) is 47.2 Å². The first-order chi connectivity index (χ1) is 12.3. The summed E-state index contributed by atoms with van der Waals surface area (Å²) < 4.78 is 33.3. The zero-order valence-corrected chi connectivity index (χ0v) is 14.1. The van der Waals surface area contributed by atoms with E-state index in [9.17, 15) is 13.6 Å². The summed E-state index contributed by atoms with van der Waals surface area (Å²) in [6.07, 6.45) is 0.0230. The Morgan fingerprint density at radius 1 is 1.23 bits per heavy atom. The minimum Gasteiger partial charge on any atom is -0.479 e. The average Bonchev–Trinajstić information content (AvgIpc) is 2.60. The molecule has 0 aliphatic carbocycles. The lowest BCUT2D eigenvalue weighted by molar-refractivity contribution is -0.144. The van der Waals surface area contributed by atoms with Gasteiger partial charge in [-0.1, -0.05) is 11.6 Å². The van der Waals surface area contributed by atoms with Gasteiger partial charge in [-0.25, -0.2) is 23.5 Å². The number of fused-ring (bicyclic) bond motifs is 1. The van der Waals surface area contributed by atoms with Gasteiger partial charge in [0.25, 0.3) is 0 Å². The second kappa shape index (κ2) is 6.72. The van der Waals surface area contributed by atoms with Crippen LogP contribution in [-0.4, -0.2) is 27.1 Å². The summed E-state index contributed by atoms with van der Waals surface area (Å²) in [4.78, 5) is 19.0. The van der Waals surface area contributed by atoms with Crippen LogP contribution in [0.1, 0.15) is 6.92 Å². The number of nitrogens with two attached hydrogens (primary N) is 1. The standard InChI is InChI=1S/C17H12ClF2N3O3/c1-7(17(24)25)26-11-5-3-9(15-12(11)16(21)23-6-22-15)8-2-4-10(19)13(18)14(8)20/h2-7H,1H3,(H,24,25)(H2,21,22,23). The maximum atomic E-state index is 14.4. The van der Waals surface area contributed by atoms with Crippen LogP contribution >= 0.6 is 11.6 Å². The predicted octanol–water partition coefficient (Wildman–Crippen LogP) is 3.66. The quantitative estimate of drug-likeness (QED) is 0.671. The smallest absolute Gasteiger partial charge is 0.344 e. The minimum absolute atomic E-state index is 0.0114. The van der Waals surface area contributed by atoms with E-state index in [4.69, 9.17) is 27.2 Å². The molecule has 3 aromatic rings. The second-order valence-corrected chi connectivity index (χ2v) is 5.79. The number of ether oxygens (including phenoxy) is 1. The van der Waals surface area contributed by atoms with Gasteiger partial charge in [-0.3, -0.25) is 0 Å². The molecule has 1 aromatic heterocycles. The van der Waals surface area contributed by atoms with Crippen LogP contribution in [0.2, 0.25) is 5.02 Å². The first kappa shape index (κ1) is 17.8. The highest BCUT2D eigenvalue weighted by Gasteiger charge is 2.21. The fourth-order valence-electron chi connectivity index (χ4n) is 2.46. The molecule has 0 aliphatic heterocycles. The molecule has 0 radical (unpaired) electrons. The van der Waals surface area contributed by atoms with E-state index in [0.29, 0.717) is 0 Å². The summed E-state index contributed by atoms with van der Waals surface area (Å²) in [6, 6.07) is 5.15. The molecule has 134 valence electrons. The molecular formula is C17H12ClF2N3O3. The summed E-state index contributed by atoms with van der Waals surface area (Å²) in [5.41, 5.74) is 6.40. The van der Waals surface area contributed by atoms with Crippen LogP contribution in [0.4, 0.5) is 14.6 Å². The van der Waals surface area contributed by atoms with E-state index in [1.807, 2.05) is 0 Å². The first-order valence-corrected chi connectivity index (χ1v) is 7.75. The predicted molar refractivity (Wildman–Crippen MR) is 92.0 cm³/mol. The minimum atomic E-state index is -1.17. The van der Waals surface area contributed by atoms with Crippen molar-refractivity contribution >= 4 is 34.3 Å². The highest BCUT2D eigenvalue weighted by molar-refractivity contribution is 6.31. The molecule has 0 fully saturated rings. The number of anilines is 1. The lowest BCUT2D eigenvalue weighted by Gasteiger charge is -2.15. The third-order valence-electron chi connectivity index (χ3n) is 3.76. The second-order valence-electron chi connectivity index (χ2n) is 5.42. The number of rotatable bonds is 4. The van der Waals surface area contributed by atoms with Crippen LogP contribution in [-0.2, 0) is 4.79 Å². The van der Waals surface area contributed by atoms with E-state index in [1.54, 1.807) is 0 Å². The molecule has 0 saturated carbocycles. The van der Waals surface area contributed by atoms with Gasteiger partial charge in [0.15, 0.2) is 11.9 Å². The van der Waals surface area contributed by atoms with Gasteiger partial charge in [-0.2, -0.15) is 0 Å². The topological polar surface area (TPSA) is 98.3 Å². The van der Waals surface area contributed by atoms with Gasteiger partial charge in [0, 0.05) is 11.1 Å². The van der Waals surface area contributed by atoms with Crippen LogP contribution in [0.15, 0.2) is 30.6 Å². The largest absolute Gasteiger partial charge is 0.479 e. The number of hydrogen-bond acceptors (Lipinski definition) is 5. The molecule has 1 heterocycles. The Bertz CT molecular complexity index is 1030. The van der Waals surface area contributed by atoms with Crippen molar-refractivity contribution < 1.29 is 23.4 Å². The molecule has 1 unspecified atom stereocenters. The third kappa shape index (κ3) is 2.99. The molecular weight excluding hydrogens is 368 g/mol. The fourth-order valence-corrected chi connectivity index (χ4v) is 2.62. The average molecular weight is 380 g/mol. The highest BCUT2D eigenvalue weighted by atomic mass is 35.5. The van der Waals surface area contributed by atoms with Crippen LogP contribution in [0.5, 0.6) is 5.75 Å². The number of nitrogen functional groups attached to an aromatic ring is 1. The van der Waals surface area contributed by atoms with Crippen LogP contribution in [0.3, 0.4) is 0 Å². The van der Waals surface area contributed by atoms with E-state index < -0.39 is 28.7 Å². The molecule has 3 N–H and O–H groups in total. The maximum Gasteiger partial charge on any atom is 0.344 e. The maximum absolute atomic E-state index is 14.4. The Hall–Kier alpha value is -3.00. The summed E-state index contributed by atoms with van der Waals surface area (Å²) >= 11 is 5.65. The van der Waals surface area contributed by atoms with Gasteiger partial charge < -0.3 is 15.6 Å². The van der Waals surface area contributed by atoms with Gasteiger partial charge in [0.2, 0.25) is 0 Å². The Morgan fingerprint density at radius 2 is 1.92 bits per heavy atom. The van der Waals surface area contributed by atoms with Gasteiger partial charge in [0.1, 0.15) is 28.7 Å². The number of aliphatic carboxylic acids is 1. The normalized spacial score (nSPS) is 12.2. The molecule has 6 nitrogen and oxygen atoms in total. The number of hydrogen-bond donors (Lipinski definition) is 2. The fraction of sp³-hybridized carbons (Fsp3) is 0.118. The monoisotopic (exact) mass is 379 g/mol. The summed E-state index contributed by atoms with van der Waals surface area (Å²) in [5.74, 6) is -2.85. The molecule has 2 aromatic carbocycles. The van der Waals surface area contributed by atoms with Crippen LogP contribution < -0.4 is 10.5 Å². The van der Waals surface area contributed by atoms with E-state index >= 15 is 0 Å². The third-order valence-corrected chi connectivity index (χ3v) is 4.10. The van der Waals surface area contributed by atoms with E-state index in [-0.39, 0.29) is 33.6 Å². The van der Waals surface area contributed by atoms with Crippen LogP contribution in [0.25, 0.3) is 22.0 Å². The number of halogens is 3. The SMILES string of the molecule is CC(Oc1ccc(-c2ccc(F)c(Cl)c2F)c2ncnc(N)c12)C(=O)O. The van der Waals surface area contributed by atoms with Crippen molar-refractivity contribution in [2.75, 3.05) is 5.73 Å². The van der Waals surface area contributed by atoms with Crippen molar-refractivity contribution in [3.8, 4) is 16.9 Å². The number of benzene rings is 2. The molecule has 26 heavy (non-hydrogen) atoms. The number of carbonyl (C=O) groups is 1. The number of nitrogens with zero attached hydrogens (tertiary/aromatic N) is 2. The molecule has 3 rings (SSSR count). The van der Waals surface area contributed by atoms with E-state index in [1.165, 1.54) is 31.5 Å². The van der Waals surface area contributed by atoms with Gasteiger partial charge in [-0.05, 0) is 31.2 Å². The number of aromatic nitrogens is 2. The summed E-state index contributed by atoms with van der Waals surface area (Å²) in [5, 5.41) is 8.60. The summed E-state index contributed by atoms with van der Waals surface area (Å²) in [6.45, 7) is 1.35. The first-order valence-electron chi connectivity index (χ1n) is 7.37. The number of carboxylic acids is 1. The Kier molecular flexibility index (Phi) is 4.60. The Labute approximate surface area is 151 Å². The molecule has 9 heteroatoms. The van der Waals surface area contributed by atoms with Gasteiger partial charge in [-0.15, -0.1) is 0 Å². The van der Waals surface area contributed by atoms with Gasteiger partial charge >= 0.3 is 5.97 Å². The molecule has 0 saturated heterocycles. The van der Waals surface area contributed by atoms with Crippen LogP contribution in [0, 0.1) is 11.6 Å². The Morgan fingerprint density at radius 3 is 2.62 bits per heavy atom. The lowest BCUT2D eigenvalue weighted by Crippen LogP contribution is -2.23. The van der Waals surface area contributed by atoms with Crippen molar-refractivity contribution in [3.63, 3.8) is 0 Å².